The molecule has 0 aromatic carbocycles. The number of nitrogens with zero attached hydrogens (tertiary/aromatic N) is 2. The maximum atomic E-state index is 12.6. The highest BCUT2D eigenvalue weighted by Crippen LogP contribution is 2.37. The van der Waals surface area contributed by atoms with E-state index in [0.29, 0.717) is 5.69 Å². The van der Waals surface area contributed by atoms with Crippen molar-refractivity contribution in [1.82, 2.24) is 9.88 Å². The van der Waals surface area contributed by atoms with Gasteiger partial charge in [0.25, 0.3) is 5.91 Å². The van der Waals surface area contributed by atoms with E-state index in [1.54, 1.807) is 19.1 Å². The fourth-order valence-electron chi connectivity index (χ4n) is 2.02. The van der Waals surface area contributed by atoms with Gasteiger partial charge >= 0.3 is 6.18 Å². The van der Waals surface area contributed by atoms with Crippen molar-refractivity contribution in [3.8, 4) is 0 Å². The molecule has 19 heavy (non-hydrogen) atoms. The molecule has 104 valence electrons. The first-order valence-corrected chi connectivity index (χ1v) is 5.75. The molecule has 2 rings (SSSR count). The largest absolute Gasteiger partial charge is 0.419 e. The third-order valence-electron chi connectivity index (χ3n) is 3.17. The normalized spacial score (nSPS) is 23.7. The second-order valence-electron chi connectivity index (χ2n) is 4.67. The first kappa shape index (κ1) is 13.8. The lowest BCUT2D eigenvalue weighted by molar-refractivity contribution is -0.253. The molecule has 1 aliphatic heterocycles. The number of hydrogen-bond donors (Lipinski definition) is 1. The molecule has 1 N–H and O–H groups in total. The van der Waals surface area contributed by atoms with Gasteiger partial charge in [-0.1, -0.05) is 6.07 Å². The molecular formula is C12H13F3N2O2. The van der Waals surface area contributed by atoms with Gasteiger partial charge in [-0.25, -0.2) is 4.98 Å². The second kappa shape index (κ2) is 4.48. The molecule has 0 spiro atoms. The number of likely N-dealkylation sites (tertiary alicyclic amines) is 1. The Morgan fingerprint density at radius 1 is 1.47 bits per heavy atom. The van der Waals surface area contributed by atoms with Gasteiger partial charge in [0.05, 0.1) is 6.54 Å². The maximum absolute atomic E-state index is 12.6. The summed E-state index contributed by atoms with van der Waals surface area (Å²) >= 11 is 0. The first-order valence-electron chi connectivity index (χ1n) is 5.75. The zero-order valence-corrected chi connectivity index (χ0v) is 10.2. The molecule has 0 bridgehead atoms. The molecule has 1 aromatic heterocycles. The molecule has 2 heterocycles. The summed E-state index contributed by atoms with van der Waals surface area (Å²) in [6.45, 7) is 0.808. The van der Waals surface area contributed by atoms with Crippen molar-refractivity contribution in [3.63, 3.8) is 0 Å². The molecule has 0 unspecified atom stereocenters. The van der Waals surface area contributed by atoms with E-state index in [-0.39, 0.29) is 12.2 Å². The van der Waals surface area contributed by atoms with Crippen LogP contribution in [-0.4, -0.2) is 45.8 Å². The fourth-order valence-corrected chi connectivity index (χ4v) is 2.02. The van der Waals surface area contributed by atoms with E-state index in [0.717, 1.165) is 4.90 Å². The van der Waals surface area contributed by atoms with Crippen LogP contribution in [-0.2, 0) is 0 Å². The summed E-state index contributed by atoms with van der Waals surface area (Å²) in [7, 11) is 0. The molecule has 1 fully saturated rings. The lowest BCUT2D eigenvalue weighted by Gasteiger charge is -2.25. The van der Waals surface area contributed by atoms with Crippen LogP contribution in [0.5, 0.6) is 0 Å². The number of halogens is 3. The van der Waals surface area contributed by atoms with Crippen molar-refractivity contribution in [3.05, 3.63) is 29.6 Å². The Morgan fingerprint density at radius 2 is 2.16 bits per heavy atom. The van der Waals surface area contributed by atoms with Gasteiger partial charge in [0.15, 0.2) is 5.60 Å². The Bertz CT molecular complexity index is 504. The van der Waals surface area contributed by atoms with Crippen molar-refractivity contribution < 1.29 is 23.1 Å². The van der Waals surface area contributed by atoms with Gasteiger partial charge in [-0.2, -0.15) is 13.2 Å². The summed E-state index contributed by atoms with van der Waals surface area (Å²) in [4.78, 5) is 17.0. The van der Waals surface area contributed by atoms with E-state index >= 15 is 0 Å². The molecule has 1 aliphatic rings. The highest BCUT2D eigenvalue weighted by molar-refractivity contribution is 5.92. The van der Waals surface area contributed by atoms with Crippen molar-refractivity contribution >= 4 is 5.91 Å². The molecule has 1 saturated heterocycles. The standard InChI is InChI=1S/C12H13F3N2O2/c1-8-3-2-4-9(16-8)10(18)17-6-5-11(19,7-17)12(13,14)15/h2-4,19H,5-7H2,1H3/t11-/m1/s1. The van der Waals surface area contributed by atoms with Crippen molar-refractivity contribution in [1.29, 1.82) is 0 Å². The van der Waals surface area contributed by atoms with E-state index in [9.17, 15) is 23.1 Å². The van der Waals surface area contributed by atoms with Crippen LogP contribution < -0.4 is 0 Å². The van der Waals surface area contributed by atoms with Crippen LogP contribution in [0.3, 0.4) is 0 Å². The average molecular weight is 274 g/mol. The third-order valence-corrected chi connectivity index (χ3v) is 3.17. The van der Waals surface area contributed by atoms with Gasteiger partial charge < -0.3 is 10.0 Å². The fraction of sp³-hybridized carbons (Fsp3) is 0.500. The summed E-state index contributed by atoms with van der Waals surface area (Å²) in [5.74, 6) is -0.594. The number of carbonyl (C=O) groups excluding carboxylic acids is 1. The minimum atomic E-state index is -4.73. The monoisotopic (exact) mass is 274 g/mol. The first-order chi connectivity index (χ1) is 8.73. The van der Waals surface area contributed by atoms with Crippen molar-refractivity contribution in [2.75, 3.05) is 13.1 Å². The number of amides is 1. The van der Waals surface area contributed by atoms with Crippen LogP contribution >= 0.6 is 0 Å². The highest BCUT2D eigenvalue weighted by Gasteiger charge is 2.57. The van der Waals surface area contributed by atoms with Gasteiger partial charge in [-0.3, -0.25) is 4.79 Å². The lowest BCUT2D eigenvalue weighted by Crippen LogP contribution is -2.48. The maximum Gasteiger partial charge on any atom is 0.419 e. The Morgan fingerprint density at radius 3 is 2.68 bits per heavy atom. The second-order valence-corrected chi connectivity index (χ2v) is 4.67. The van der Waals surface area contributed by atoms with Crippen LogP contribution in [0.1, 0.15) is 22.6 Å². The molecule has 1 atom stereocenters. The number of hydrogen-bond acceptors (Lipinski definition) is 3. The topological polar surface area (TPSA) is 53.4 Å². The number of aromatic nitrogens is 1. The van der Waals surface area contributed by atoms with E-state index in [2.05, 4.69) is 4.98 Å². The van der Waals surface area contributed by atoms with E-state index in [1.165, 1.54) is 6.07 Å². The molecule has 0 radical (unpaired) electrons. The number of pyridine rings is 1. The van der Waals surface area contributed by atoms with Crippen LogP contribution in [0.4, 0.5) is 13.2 Å². The number of aryl methyl sites for hydroxylation is 1. The van der Waals surface area contributed by atoms with Gasteiger partial charge in [-0.05, 0) is 19.1 Å². The van der Waals surface area contributed by atoms with E-state index < -0.39 is 30.7 Å². The number of alkyl halides is 3. The number of rotatable bonds is 1. The quantitative estimate of drug-likeness (QED) is 0.845. The third kappa shape index (κ3) is 2.56. The molecule has 7 heteroatoms. The molecule has 0 aliphatic carbocycles. The Hall–Kier alpha value is -1.63. The predicted octanol–water partition coefficient (Wildman–Crippen LogP) is 1.53. The van der Waals surface area contributed by atoms with Crippen LogP contribution in [0.15, 0.2) is 18.2 Å². The Labute approximate surface area is 107 Å². The SMILES string of the molecule is Cc1cccc(C(=O)N2CC[C@](O)(C(F)(F)F)C2)n1. The molecule has 1 amide bonds. The minimum absolute atomic E-state index is 0.0893. The predicted molar refractivity (Wildman–Crippen MR) is 60.5 cm³/mol. The van der Waals surface area contributed by atoms with Crippen LogP contribution in [0, 0.1) is 6.92 Å². The van der Waals surface area contributed by atoms with Gasteiger partial charge in [0.2, 0.25) is 0 Å². The average Bonchev–Trinajstić information content (AvgIpc) is 2.72. The summed E-state index contributed by atoms with van der Waals surface area (Å²) in [6, 6.07) is 4.74. The van der Waals surface area contributed by atoms with Crippen molar-refractivity contribution in [2.24, 2.45) is 0 Å². The molecule has 4 nitrogen and oxygen atoms in total. The van der Waals surface area contributed by atoms with Crippen LogP contribution in [0.25, 0.3) is 0 Å². The van der Waals surface area contributed by atoms with Gasteiger partial charge in [-0.15, -0.1) is 0 Å². The minimum Gasteiger partial charge on any atom is -0.379 e. The summed E-state index contributed by atoms with van der Waals surface area (Å²) in [5.41, 5.74) is -2.12. The summed E-state index contributed by atoms with van der Waals surface area (Å²) in [6.07, 6.45) is -5.24. The lowest BCUT2D eigenvalue weighted by atomic mass is 10.0. The zero-order valence-electron chi connectivity index (χ0n) is 10.2. The molecule has 0 saturated carbocycles. The van der Waals surface area contributed by atoms with E-state index in [4.69, 9.17) is 0 Å². The van der Waals surface area contributed by atoms with Crippen molar-refractivity contribution in [2.45, 2.75) is 25.1 Å². The van der Waals surface area contributed by atoms with Gasteiger partial charge in [0.1, 0.15) is 5.69 Å². The smallest absolute Gasteiger partial charge is 0.379 e. The van der Waals surface area contributed by atoms with Gasteiger partial charge in [0, 0.05) is 18.7 Å². The molecule has 1 aromatic rings. The highest BCUT2D eigenvalue weighted by atomic mass is 19.4. The Balaban J connectivity index is 2.16. The number of carbonyl (C=O) groups is 1. The van der Waals surface area contributed by atoms with E-state index in [1.807, 2.05) is 0 Å². The zero-order chi connectivity index (χ0) is 14.3. The van der Waals surface area contributed by atoms with Crippen LogP contribution in [0.2, 0.25) is 0 Å². The summed E-state index contributed by atoms with van der Waals surface area (Å²) < 4.78 is 37.9. The summed E-state index contributed by atoms with van der Waals surface area (Å²) in [5, 5.41) is 9.51. The Kier molecular flexibility index (Phi) is 3.25. The number of aliphatic hydroxyl groups is 1. The molecular weight excluding hydrogens is 261 g/mol. The number of β-amino-alcohol motifs (C(OH)–C–C–N with tert-alkyl or cyclic N) is 1.